The van der Waals surface area contributed by atoms with Crippen LogP contribution in [0, 0.1) is 0 Å². The van der Waals surface area contributed by atoms with Gasteiger partial charge < -0.3 is 15.8 Å². The molecule has 0 aliphatic carbocycles. The molecule has 0 amide bonds. The molecule has 3 rings (SSSR count). The SMILES string of the molecule is NC1=NS(=O)Nc2cccc(NCCOCc3ccccc3)c21. The van der Waals surface area contributed by atoms with Gasteiger partial charge in [-0.1, -0.05) is 36.4 Å². The number of amidine groups is 1. The van der Waals surface area contributed by atoms with Crippen molar-refractivity contribution in [1.82, 2.24) is 0 Å². The Morgan fingerprint density at radius 1 is 1.17 bits per heavy atom. The third-order valence-electron chi connectivity index (χ3n) is 3.37. The lowest BCUT2D eigenvalue weighted by Gasteiger charge is -2.19. The summed E-state index contributed by atoms with van der Waals surface area (Å²) in [6.45, 7) is 1.79. The van der Waals surface area contributed by atoms with E-state index in [1.165, 1.54) is 0 Å². The molecule has 120 valence electrons. The van der Waals surface area contributed by atoms with Crippen LogP contribution in [0.4, 0.5) is 11.4 Å². The number of benzene rings is 2. The van der Waals surface area contributed by atoms with Crippen molar-refractivity contribution in [3.63, 3.8) is 0 Å². The molecule has 0 saturated carbocycles. The number of rotatable bonds is 6. The first kappa shape index (κ1) is 15.5. The number of fused-ring (bicyclic) bond motifs is 1. The van der Waals surface area contributed by atoms with Crippen molar-refractivity contribution in [2.45, 2.75) is 6.61 Å². The van der Waals surface area contributed by atoms with E-state index in [2.05, 4.69) is 14.4 Å². The molecule has 0 spiro atoms. The fourth-order valence-electron chi connectivity index (χ4n) is 2.33. The zero-order chi connectivity index (χ0) is 16.1. The minimum absolute atomic E-state index is 0.269. The Hall–Kier alpha value is -2.38. The van der Waals surface area contributed by atoms with Crippen LogP contribution in [0.15, 0.2) is 52.9 Å². The number of nitrogens with zero attached hydrogens (tertiary/aromatic N) is 1. The largest absolute Gasteiger partial charge is 0.382 e. The molecular formula is C16H18N4O2S. The highest BCUT2D eigenvalue weighted by Crippen LogP contribution is 2.27. The fourth-order valence-corrected chi connectivity index (χ4v) is 3.01. The molecule has 1 heterocycles. The predicted molar refractivity (Wildman–Crippen MR) is 93.5 cm³/mol. The lowest BCUT2D eigenvalue weighted by atomic mass is 10.1. The van der Waals surface area contributed by atoms with Gasteiger partial charge in [0.2, 0.25) is 11.2 Å². The summed E-state index contributed by atoms with van der Waals surface area (Å²) < 4.78 is 23.8. The monoisotopic (exact) mass is 330 g/mol. The van der Waals surface area contributed by atoms with Crippen LogP contribution in [0.1, 0.15) is 11.1 Å². The highest BCUT2D eigenvalue weighted by atomic mass is 32.2. The smallest absolute Gasteiger partial charge is 0.245 e. The second-order valence-electron chi connectivity index (χ2n) is 5.02. The second-order valence-corrected chi connectivity index (χ2v) is 5.91. The molecule has 0 fully saturated rings. The number of anilines is 2. The molecule has 0 aromatic heterocycles. The van der Waals surface area contributed by atoms with Gasteiger partial charge in [-0.25, -0.2) is 4.21 Å². The molecular weight excluding hydrogens is 312 g/mol. The topological polar surface area (TPSA) is 88.7 Å². The van der Waals surface area contributed by atoms with E-state index in [1.807, 2.05) is 48.5 Å². The molecule has 1 unspecified atom stereocenters. The number of nitrogens with two attached hydrogens (primary N) is 1. The summed E-state index contributed by atoms with van der Waals surface area (Å²) in [7, 11) is 0. The van der Waals surface area contributed by atoms with Gasteiger partial charge in [-0.15, -0.1) is 0 Å². The molecule has 1 atom stereocenters. The van der Waals surface area contributed by atoms with Gasteiger partial charge in [0, 0.05) is 12.2 Å². The minimum atomic E-state index is -1.51. The van der Waals surface area contributed by atoms with Crippen LogP contribution in [0.3, 0.4) is 0 Å². The first-order valence-corrected chi connectivity index (χ1v) is 8.36. The highest BCUT2D eigenvalue weighted by molar-refractivity contribution is 7.85. The van der Waals surface area contributed by atoms with Crippen LogP contribution < -0.4 is 15.8 Å². The van der Waals surface area contributed by atoms with Gasteiger partial charge in [-0.3, -0.25) is 4.72 Å². The molecule has 4 N–H and O–H groups in total. The summed E-state index contributed by atoms with van der Waals surface area (Å²) in [4.78, 5) is 0. The zero-order valence-corrected chi connectivity index (χ0v) is 13.3. The Bertz CT molecular complexity index is 734. The zero-order valence-electron chi connectivity index (χ0n) is 12.5. The molecule has 1 aliphatic heterocycles. The van der Waals surface area contributed by atoms with Gasteiger partial charge >= 0.3 is 0 Å². The maximum Gasteiger partial charge on any atom is 0.245 e. The van der Waals surface area contributed by atoms with E-state index < -0.39 is 11.2 Å². The Labute approximate surface area is 137 Å². The van der Waals surface area contributed by atoms with E-state index >= 15 is 0 Å². The molecule has 7 heteroatoms. The normalized spacial score (nSPS) is 16.2. The fraction of sp³-hybridized carbons (Fsp3) is 0.188. The van der Waals surface area contributed by atoms with Crippen LogP contribution in [0.25, 0.3) is 0 Å². The van der Waals surface area contributed by atoms with Gasteiger partial charge in [-0.2, -0.15) is 4.40 Å². The Morgan fingerprint density at radius 3 is 2.83 bits per heavy atom. The van der Waals surface area contributed by atoms with E-state index in [1.54, 1.807) is 0 Å². The minimum Gasteiger partial charge on any atom is -0.382 e. The van der Waals surface area contributed by atoms with Crippen molar-refractivity contribution in [2.75, 3.05) is 23.2 Å². The maximum absolute atomic E-state index is 11.5. The summed E-state index contributed by atoms with van der Waals surface area (Å²) in [5.74, 6) is 0.269. The van der Waals surface area contributed by atoms with Crippen molar-refractivity contribution in [1.29, 1.82) is 0 Å². The van der Waals surface area contributed by atoms with Crippen molar-refractivity contribution in [2.24, 2.45) is 10.1 Å². The summed E-state index contributed by atoms with van der Waals surface area (Å²) in [5, 5.41) is 3.28. The lowest BCUT2D eigenvalue weighted by molar-refractivity contribution is 0.130. The van der Waals surface area contributed by atoms with Crippen LogP contribution in [-0.2, 0) is 22.5 Å². The molecule has 2 aromatic rings. The van der Waals surface area contributed by atoms with Crippen LogP contribution in [0.5, 0.6) is 0 Å². The van der Waals surface area contributed by atoms with Gasteiger partial charge in [0.25, 0.3) is 0 Å². The van der Waals surface area contributed by atoms with Gasteiger partial charge in [0.1, 0.15) is 5.84 Å². The Morgan fingerprint density at radius 2 is 2.00 bits per heavy atom. The van der Waals surface area contributed by atoms with Crippen molar-refractivity contribution >= 4 is 28.4 Å². The summed E-state index contributed by atoms with van der Waals surface area (Å²) >= 11 is -1.51. The Kier molecular flexibility index (Phi) is 4.89. The number of nitrogens with one attached hydrogen (secondary N) is 2. The highest BCUT2D eigenvalue weighted by Gasteiger charge is 2.18. The third kappa shape index (κ3) is 3.88. The molecule has 23 heavy (non-hydrogen) atoms. The molecule has 0 saturated heterocycles. The van der Waals surface area contributed by atoms with Gasteiger partial charge in [0.15, 0.2) is 0 Å². The summed E-state index contributed by atoms with van der Waals surface area (Å²) in [6.07, 6.45) is 0. The van der Waals surface area contributed by atoms with E-state index in [-0.39, 0.29) is 5.84 Å². The molecule has 0 bridgehead atoms. The first-order chi connectivity index (χ1) is 11.2. The number of hydrogen-bond donors (Lipinski definition) is 3. The van der Waals surface area contributed by atoms with Crippen molar-refractivity contribution < 1.29 is 8.95 Å². The van der Waals surface area contributed by atoms with E-state index in [9.17, 15) is 4.21 Å². The average molecular weight is 330 g/mol. The van der Waals surface area contributed by atoms with Crippen LogP contribution >= 0.6 is 0 Å². The third-order valence-corrected chi connectivity index (χ3v) is 4.13. The summed E-state index contributed by atoms with van der Waals surface area (Å²) in [6, 6.07) is 15.6. The average Bonchev–Trinajstić information content (AvgIpc) is 2.55. The van der Waals surface area contributed by atoms with E-state index in [0.29, 0.717) is 25.4 Å². The predicted octanol–water partition coefficient (Wildman–Crippen LogP) is 2.02. The Balaban J connectivity index is 1.55. The standard InChI is InChI=1S/C16H18N4O2S/c17-16-15-13(7-4-8-14(15)19-23(21)20-16)18-9-10-22-11-12-5-2-1-3-6-12/h1-8,18-19H,9-11H2,(H2,17,20). The van der Waals surface area contributed by atoms with Crippen molar-refractivity contribution in [3.8, 4) is 0 Å². The number of hydrogen-bond acceptors (Lipinski definition) is 4. The number of ether oxygens (including phenoxy) is 1. The molecule has 2 aromatic carbocycles. The van der Waals surface area contributed by atoms with Gasteiger partial charge in [0.05, 0.1) is 24.5 Å². The van der Waals surface area contributed by atoms with Crippen LogP contribution in [0.2, 0.25) is 0 Å². The maximum atomic E-state index is 11.5. The van der Waals surface area contributed by atoms with Crippen molar-refractivity contribution in [3.05, 3.63) is 59.7 Å². The van der Waals surface area contributed by atoms with Gasteiger partial charge in [-0.05, 0) is 17.7 Å². The van der Waals surface area contributed by atoms with E-state index in [4.69, 9.17) is 10.5 Å². The summed E-state index contributed by atoms with van der Waals surface area (Å²) in [5.41, 5.74) is 9.34. The molecule has 0 radical (unpaired) electrons. The lowest BCUT2D eigenvalue weighted by Crippen LogP contribution is -2.25. The first-order valence-electron chi connectivity index (χ1n) is 7.25. The second kappa shape index (κ2) is 7.26. The molecule has 6 nitrogen and oxygen atoms in total. The van der Waals surface area contributed by atoms with Crippen LogP contribution in [-0.4, -0.2) is 23.2 Å². The quantitative estimate of drug-likeness (QED) is 0.707. The van der Waals surface area contributed by atoms with E-state index in [0.717, 1.165) is 16.8 Å². The molecule has 1 aliphatic rings.